The van der Waals surface area contributed by atoms with Gasteiger partial charge in [0, 0.05) is 7.05 Å². The van der Waals surface area contributed by atoms with E-state index >= 15 is 0 Å². The minimum Gasteiger partial charge on any atom is -0.371 e. The Labute approximate surface area is 104 Å². The molecule has 0 saturated carbocycles. The van der Waals surface area contributed by atoms with Crippen LogP contribution in [0.4, 0.5) is 14.6 Å². The van der Waals surface area contributed by atoms with Crippen molar-refractivity contribution in [3.63, 3.8) is 0 Å². The van der Waals surface area contributed by atoms with Gasteiger partial charge in [-0.25, -0.2) is 18.7 Å². The molecule has 0 atom stereocenters. The van der Waals surface area contributed by atoms with Gasteiger partial charge in [-0.1, -0.05) is 6.07 Å². The molecule has 3 nitrogen and oxygen atoms in total. The Hall–Kier alpha value is -2.04. The van der Waals surface area contributed by atoms with E-state index < -0.39 is 11.6 Å². The van der Waals surface area contributed by atoms with E-state index in [2.05, 4.69) is 15.3 Å². The zero-order chi connectivity index (χ0) is 13.3. The zero-order valence-electron chi connectivity index (χ0n) is 10.4. The Balaban J connectivity index is 2.74. The van der Waals surface area contributed by atoms with Crippen LogP contribution in [-0.4, -0.2) is 17.0 Å². The lowest BCUT2D eigenvalue weighted by Crippen LogP contribution is -2.04. The van der Waals surface area contributed by atoms with Gasteiger partial charge < -0.3 is 5.32 Å². The molecular weight excluding hydrogens is 236 g/mol. The largest absolute Gasteiger partial charge is 0.371 e. The Morgan fingerprint density at radius 2 is 1.56 bits per heavy atom. The summed E-state index contributed by atoms with van der Waals surface area (Å²) in [4.78, 5) is 8.47. The molecule has 1 heterocycles. The number of hydrogen-bond acceptors (Lipinski definition) is 3. The van der Waals surface area contributed by atoms with Gasteiger partial charge in [0.25, 0.3) is 0 Å². The minimum absolute atomic E-state index is 0.155. The van der Waals surface area contributed by atoms with Gasteiger partial charge in [0.15, 0.2) is 5.82 Å². The monoisotopic (exact) mass is 249 g/mol. The summed E-state index contributed by atoms with van der Waals surface area (Å²) in [6, 6.07) is 3.73. The van der Waals surface area contributed by atoms with Crippen molar-refractivity contribution < 1.29 is 8.78 Å². The second kappa shape index (κ2) is 4.68. The first-order chi connectivity index (χ1) is 8.54. The third kappa shape index (κ3) is 2.03. The maximum atomic E-state index is 13.7. The van der Waals surface area contributed by atoms with Crippen molar-refractivity contribution in [1.82, 2.24) is 9.97 Å². The number of halogens is 2. The number of benzene rings is 1. The SMILES string of the molecule is CNc1nc(C)c(C)nc1-c1c(F)cccc1F. The van der Waals surface area contributed by atoms with Crippen molar-refractivity contribution in [2.75, 3.05) is 12.4 Å². The molecule has 1 aromatic heterocycles. The van der Waals surface area contributed by atoms with Crippen molar-refractivity contribution in [3.8, 4) is 11.3 Å². The molecule has 2 rings (SSSR count). The number of nitrogens with zero attached hydrogens (tertiary/aromatic N) is 2. The molecule has 0 amide bonds. The molecule has 0 bridgehead atoms. The van der Waals surface area contributed by atoms with Crippen LogP contribution in [0.1, 0.15) is 11.4 Å². The standard InChI is InChI=1S/C13H13F2N3/c1-7-8(2)18-13(16-3)12(17-7)11-9(14)5-4-6-10(11)15/h4-6H,1-3H3,(H,16,18). The topological polar surface area (TPSA) is 37.8 Å². The van der Waals surface area contributed by atoms with Gasteiger partial charge in [-0.3, -0.25) is 0 Å². The molecule has 1 aromatic carbocycles. The van der Waals surface area contributed by atoms with Gasteiger partial charge in [0.05, 0.1) is 17.0 Å². The molecule has 0 aliphatic rings. The van der Waals surface area contributed by atoms with E-state index in [1.807, 2.05) is 0 Å². The molecular formula is C13H13F2N3. The molecule has 94 valence electrons. The number of anilines is 1. The maximum Gasteiger partial charge on any atom is 0.152 e. The molecule has 0 saturated heterocycles. The molecule has 0 radical (unpaired) electrons. The van der Waals surface area contributed by atoms with Crippen LogP contribution in [0, 0.1) is 25.5 Å². The van der Waals surface area contributed by atoms with Crippen LogP contribution in [-0.2, 0) is 0 Å². The summed E-state index contributed by atoms with van der Waals surface area (Å²) in [5, 5.41) is 2.81. The number of nitrogens with one attached hydrogen (secondary N) is 1. The van der Waals surface area contributed by atoms with Crippen LogP contribution in [0.15, 0.2) is 18.2 Å². The smallest absolute Gasteiger partial charge is 0.152 e. The van der Waals surface area contributed by atoms with Crippen LogP contribution in [0.25, 0.3) is 11.3 Å². The predicted octanol–water partition coefficient (Wildman–Crippen LogP) is 3.08. The highest BCUT2D eigenvalue weighted by atomic mass is 19.1. The van der Waals surface area contributed by atoms with Crippen molar-refractivity contribution in [3.05, 3.63) is 41.2 Å². The van der Waals surface area contributed by atoms with Crippen LogP contribution in [0.3, 0.4) is 0 Å². The quantitative estimate of drug-likeness (QED) is 0.888. The van der Waals surface area contributed by atoms with Gasteiger partial charge >= 0.3 is 0 Å². The Morgan fingerprint density at radius 1 is 1.00 bits per heavy atom. The van der Waals surface area contributed by atoms with Gasteiger partial charge in [-0.15, -0.1) is 0 Å². The number of aryl methyl sites for hydroxylation is 2. The molecule has 18 heavy (non-hydrogen) atoms. The van der Waals surface area contributed by atoms with Crippen molar-refractivity contribution in [2.24, 2.45) is 0 Å². The van der Waals surface area contributed by atoms with Crippen molar-refractivity contribution in [2.45, 2.75) is 13.8 Å². The summed E-state index contributed by atoms with van der Waals surface area (Å²) in [6.45, 7) is 3.55. The van der Waals surface area contributed by atoms with Crippen LogP contribution < -0.4 is 5.32 Å². The second-order valence-electron chi connectivity index (χ2n) is 3.94. The van der Waals surface area contributed by atoms with Crippen LogP contribution in [0.2, 0.25) is 0 Å². The second-order valence-corrected chi connectivity index (χ2v) is 3.94. The van der Waals surface area contributed by atoms with E-state index in [0.717, 1.165) is 5.69 Å². The molecule has 0 spiro atoms. The fourth-order valence-corrected chi connectivity index (χ4v) is 1.68. The number of aromatic nitrogens is 2. The molecule has 0 fully saturated rings. The third-order valence-corrected chi connectivity index (χ3v) is 2.74. The molecule has 2 aromatic rings. The Bertz CT molecular complexity index is 577. The average Bonchev–Trinajstić information content (AvgIpc) is 2.33. The summed E-state index contributed by atoms with van der Waals surface area (Å²) in [7, 11) is 1.64. The lowest BCUT2D eigenvalue weighted by Gasteiger charge is -2.11. The highest BCUT2D eigenvalue weighted by molar-refractivity contribution is 5.72. The molecule has 0 aliphatic heterocycles. The Morgan fingerprint density at radius 3 is 2.11 bits per heavy atom. The van der Waals surface area contributed by atoms with E-state index in [-0.39, 0.29) is 11.3 Å². The molecule has 1 N–H and O–H groups in total. The maximum absolute atomic E-state index is 13.7. The fourth-order valence-electron chi connectivity index (χ4n) is 1.68. The summed E-state index contributed by atoms with van der Waals surface area (Å²) in [5.74, 6) is -0.935. The predicted molar refractivity (Wildman–Crippen MR) is 66.4 cm³/mol. The summed E-state index contributed by atoms with van der Waals surface area (Å²) >= 11 is 0. The Kier molecular flexibility index (Phi) is 3.23. The van der Waals surface area contributed by atoms with Gasteiger partial charge in [0.1, 0.15) is 17.3 Å². The van der Waals surface area contributed by atoms with Crippen LogP contribution in [0.5, 0.6) is 0 Å². The third-order valence-electron chi connectivity index (χ3n) is 2.74. The van der Waals surface area contributed by atoms with Crippen molar-refractivity contribution in [1.29, 1.82) is 0 Å². The summed E-state index contributed by atoms with van der Waals surface area (Å²) in [5.41, 5.74) is 1.40. The van der Waals surface area contributed by atoms with E-state index in [1.54, 1.807) is 20.9 Å². The minimum atomic E-state index is -0.649. The fraction of sp³-hybridized carbons (Fsp3) is 0.231. The highest BCUT2D eigenvalue weighted by Crippen LogP contribution is 2.29. The molecule has 0 unspecified atom stereocenters. The molecule has 0 aliphatic carbocycles. The van der Waals surface area contributed by atoms with E-state index in [4.69, 9.17) is 0 Å². The molecule has 5 heteroatoms. The van der Waals surface area contributed by atoms with E-state index in [9.17, 15) is 8.78 Å². The number of rotatable bonds is 2. The lowest BCUT2D eigenvalue weighted by molar-refractivity contribution is 0.588. The van der Waals surface area contributed by atoms with E-state index in [1.165, 1.54) is 18.2 Å². The first kappa shape index (κ1) is 12.4. The van der Waals surface area contributed by atoms with Crippen molar-refractivity contribution >= 4 is 5.82 Å². The van der Waals surface area contributed by atoms with Gasteiger partial charge in [-0.2, -0.15) is 0 Å². The van der Waals surface area contributed by atoms with Gasteiger partial charge in [0.2, 0.25) is 0 Å². The van der Waals surface area contributed by atoms with E-state index in [0.29, 0.717) is 11.5 Å². The zero-order valence-corrected chi connectivity index (χ0v) is 10.4. The summed E-state index contributed by atoms with van der Waals surface area (Å²) in [6.07, 6.45) is 0. The van der Waals surface area contributed by atoms with Gasteiger partial charge in [-0.05, 0) is 26.0 Å². The normalized spacial score (nSPS) is 10.5. The number of hydrogen-bond donors (Lipinski definition) is 1. The first-order valence-corrected chi connectivity index (χ1v) is 5.52. The highest BCUT2D eigenvalue weighted by Gasteiger charge is 2.17. The summed E-state index contributed by atoms with van der Waals surface area (Å²) < 4.78 is 27.5. The van der Waals surface area contributed by atoms with Crippen LogP contribution >= 0.6 is 0 Å². The average molecular weight is 249 g/mol. The first-order valence-electron chi connectivity index (χ1n) is 5.52. The lowest BCUT2D eigenvalue weighted by atomic mass is 10.1.